The van der Waals surface area contributed by atoms with Gasteiger partial charge in [0.15, 0.2) is 0 Å². The minimum Gasteiger partial charge on any atom is -0.339 e. The average Bonchev–Trinajstić information content (AvgIpc) is 3.19. The molecule has 1 saturated heterocycles. The molecule has 0 saturated carbocycles. The van der Waals surface area contributed by atoms with Crippen molar-refractivity contribution in [3.8, 4) is 16.9 Å². The van der Waals surface area contributed by atoms with Crippen LogP contribution in [0.3, 0.4) is 0 Å². The van der Waals surface area contributed by atoms with Crippen LogP contribution in [0.4, 0.5) is 0 Å². The first-order valence-electron chi connectivity index (χ1n) is 12.0. The molecule has 0 spiro atoms. The van der Waals surface area contributed by atoms with Crippen LogP contribution in [0.15, 0.2) is 54.6 Å². The number of hydrogen-bond donors (Lipinski definition) is 0. The number of nitrogens with zero attached hydrogens (tertiary/aromatic N) is 3. The van der Waals surface area contributed by atoms with E-state index in [4.69, 9.17) is 11.6 Å². The van der Waals surface area contributed by atoms with E-state index >= 15 is 0 Å². The van der Waals surface area contributed by atoms with Crippen LogP contribution in [0.1, 0.15) is 47.8 Å². The van der Waals surface area contributed by atoms with Crippen molar-refractivity contribution in [2.45, 2.75) is 40.0 Å². The van der Waals surface area contributed by atoms with E-state index in [9.17, 15) is 9.59 Å². The molecule has 0 radical (unpaired) electrons. The van der Waals surface area contributed by atoms with E-state index in [0.29, 0.717) is 43.2 Å². The van der Waals surface area contributed by atoms with E-state index in [1.54, 1.807) is 0 Å². The molecule has 0 aliphatic carbocycles. The molecule has 4 rings (SSSR count). The van der Waals surface area contributed by atoms with Crippen LogP contribution in [0.25, 0.3) is 16.9 Å². The Morgan fingerprint density at radius 2 is 1.56 bits per heavy atom. The molecule has 2 amide bonds. The van der Waals surface area contributed by atoms with Gasteiger partial charge in [0.25, 0.3) is 5.91 Å². The standard InChI is InChI=1S/C28H32ClN3O2/c1-4-5-10-27(33)30-15-17-31(18-16-30)28(34)24-19-26(22-11-13-23(29)14-12-22)32(21(24)3)25-9-7-6-8-20(25)2/h6-9,11-14,19H,4-5,10,15-18H2,1-3H3. The number of carbonyl (C=O) groups excluding carboxylic acids is 2. The fourth-order valence-corrected chi connectivity index (χ4v) is 4.72. The van der Waals surface area contributed by atoms with E-state index in [2.05, 4.69) is 30.5 Å². The normalized spacial score (nSPS) is 13.9. The van der Waals surface area contributed by atoms with Crippen LogP contribution in [0.5, 0.6) is 0 Å². The predicted molar refractivity (Wildman–Crippen MR) is 138 cm³/mol. The second kappa shape index (κ2) is 10.5. The molecule has 1 aliphatic heterocycles. The van der Waals surface area contributed by atoms with E-state index < -0.39 is 0 Å². The van der Waals surface area contributed by atoms with Gasteiger partial charge in [0.1, 0.15) is 0 Å². The fraction of sp³-hybridized carbons (Fsp3) is 0.357. The molecule has 178 valence electrons. The fourth-order valence-electron chi connectivity index (χ4n) is 4.60. The maximum atomic E-state index is 13.6. The average molecular weight is 478 g/mol. The molecule has 34 heavy (non-hydrogen) atoms. The summed E-state index contributed by atoms with van der Waals surface area (Å²) in [6, 6.07) is 17.9. The molecular formula is C28H32ClN3O2. The smallest absolute Gasteiger partial charge is 0.255 e. The monoisotopic (exact) mass is 477 g/mol. The lowest BCUT2D eigenvalue weighted by Gasteiger charge is -2.35. The lowest BCUT2D eigenvalue weighted by molar-refractivity contribution is -0.132. The molecule has 2 heterocycles. The molecular weight excluding hydrogens is 446 g/mol. The number of piperazine rings is 1. The van der Waals surface area contributed by atoms with Crippen LogP contribution in [-0.2, 0) is 4.79 Å². The number of para-hydroxylation sites is 1. The van der Waals surface area contributed by atoms with Gasteiger partial charge in [0, 0.05) is 49.0 Å². The molecule has 1 fully saturated rings. The Hall–Kier alpha value is -3.05. The van der Waals surface area contributed by atoms with Gasteiger partial charge in [0.05, 0.1) is 11.3 Å². The summed E-state index contributed by atoms with van der Waals surface area (Å²) in [5.74, 6) is 0.210. The summed E-state index contributed by atoms with van der Waals surface area (Å²) >= 11 is 6.14. The molecule has 2 aromatic carbocycles. The van der Waals surface area contributed by atoms with Gasteiger partial charge in [-0.2, -0.15) is 0 Å². The summed E-state index contributed by atoms with van der Waals surface area (Å²) in [5.41, 5.74) is 5.75. The molecule has 1 aromatic heterocycles. The Morgan fingerprint density at radius 1 is 0.912 bits per heavy atom. The number of aromatic nitrogens is 1. The third-order valence-electron chi connectivity index (χ3n) is 6.64. The Morgan fingerprint density at radius 3 is 2.21 bits per heavy atom. The van der Waals surface area contributed by atoms with Gasteiger partial charge in [0.2, 0.25) is 5.91 Å². The van der Waals surface area contributed by atoms with Crippen molar-refractivity contribution in [1.82, 2.24) is 14.4 Å². The van der Waals surface area contributed by atoms with E-state index in [1.807, 2.05) is 59.2 Å². The number of aryl methyl sites for hydroxylation is 1. The number of carbonyl (C=O) groups is 2. The van der Waals surface area contributed by atoms with Crippen molar-refractivity contribution in [3.63, 3.8) is 0 Å². The maximum absolute atomic E-state index is 13.6. The molecule has 0 bridgehead atoms. The van der Waals surface area contributed by atoms with Gasteiger partial charge >= 0.3 is 0 Å². The number of amides is 2. The summed E-state index contributed by atoms with van der Waals surface area (Å²) in [5, 5.41) is 0.678. The Labute approximate surface area is 206 Å². The highest BCUT2D eigenvalue weighted by Crippen LogP contribution is 2.32. The number of halogens is 1. The van der Waals surface area contributed by atoms with Crippen molar-refractivity contribution in [3.05, 3.63) is 76.4 Å². The molecule has 0 unspecified atom stereocenters. The van der Waals surface area contributed by atoms with E-state index in [0.717, 1.165) is 41.0 Å². The first kappa shape index (κ1) is 24.1. The number of hydrogen-bond acceptors (Lipinski definition) is 2. The zero-order chi connectivity index (χ0) is 24.2. The minimum absolute atomic E-state index is 0.0145. The van der Waals surface area contributed by atoms with Crippen molar-refractivity contribution in [2.24, 2.45) is 0 Å². The molecule has 1 aliphatic rings. The third-order valence-corrected chi connectivity index (χ3v) is 6.89. The van der Waals surface area contributed by atoms with Gasteiger partial charge in [-0.1, -0.05) is 55.3 Å². The Kier molecular flexibility index (Phi) is 7.42. The molecule has 5 nitrogen and oxygen atoms in total. The number of rotatable bonds is 6. The quantitative estimate of drug-likeness (QED) is 0.444. The highest BCUT2D eigenvalue weighted by molar-refractivity contribution is 6.30. The van der Waals surface area contributed by atoms with Crippen LogP contribution in [-0.4, -0.2) is 52.4 Å². The highest BCUT2D eigenvalue weighted by Gasteiger charge is 2.28. The SMILES string of the molecule is CCCCC(=O)N1CCN(C(=O)c2cc(-c3ccc(Cl)cc3)n(-c3ccccc3C)c2C)CC1. The summed E-state index contributed by atoms with van der Waals surface area (Å²) in [6.45, 7) is 8.48. The Bertz CT molecular complexity index is 1170. The predicted octanol–water partition coefficient (Wildman–Crippen LogP) is 5.89. The molecule has 0 atom stereocenters. The second-order valence-electron chi connectivity index (χ2n) is 8.93. The van der Waals surface area contributed by atoms with Crippen LogP contribution < -0.4 is 0 Å². The summed E-state index contributed by atoms with van der Waals surface area (Å²) in [4.78, 5) is 29.8. The van der Waals surface area contributed by atoms with Crippen LogP contribution in [0.2, 0.25) is 5.02 Å². The van der Waals surface area contributed by atoms with Gasteiger partial charge < -0.3 is 14.4 Å². The van der Waals surface area contributed by atoms with Crippen molar-refractivity contribution in [2.75, 3.05) is 26.2 Å². The van der Waals surface area contributed by atoms with Crippen LogP contribution >= 0.6 is 11.6 Å². The highest BCUT2D eigenvalue weighted by atomic mass is 35.5. The van der Waals surface area contributed by atoms with Gasteiger partial charge in [-0.3, -0.25) is 9.59 Å². The van der Waals surface area contributed by atoms with Gasteiger partial charge in [-0.15, -0.1) is 0 Å². The molecule has 0 N–H and O–H groups in total. The minimum atomic E-state index is 0.0145. The summed E-state index contributed by atoms with van der Waals surface area (Å²) in [6.07, 6.45) is 2.52. The van der Waals surface area contributed by atoms with E-state index in [-0.39, 0.29) is 11.8 Å². The number of benzene rings is 2. The van der Waals surface area contributed by atoms with Crippen molar-refractivity contribution < 1.29 is 9.59 Å². The maximum Gasteiger partial charge on any atom is 0.255 e. The zero-order valence-electron chi connectivity index (χ0n) is 20.2. The van der Waals surface area contributed by atoms with Crippen molar-refractivity contribution >= 4 is 23.4 Å². The lowest BCUT2D eigenvalue weighted by atomic mass is 10.1. The topological polar surface area (TPSA) is 45.6 Å². The van der Waals surface area contributed by atoms with Gasteiger partial charge in [-0.05, 0) is 55.7 Å². The zero-order valence-corrected chi connectivity index (χ0v) is 20.9. The Balaban J connectivity index is 1.65. The summed E-state index contributed by atoms with van der Waals surface area (Å²) < 4.78 is 2.16. The summed E-state index contributed by atoms with van der Waals surface area (Å²) in [7, 11) is 0. The number of unbranched alkanes of at least 4 members (excludes halogenated alkanes) is 1. The molecule has 3 aromatic rings. The first-order chi connectivity index (χ1) is 16.4. The largest absolute Gasteiger partial charge is 0.339 e. The second-order valence-corrected chi connectivity index (χ2v) is 9.37. The van der Waals surface area contributed by atoms with Crippen molar-refractivity contribution in [1.29, 1.82) is 0 Å². The van der Waals surface area contributed by atoms with Gasteiger partial charge in [-0.25, -0.2) is 0 Å². The molecule has 6 heteroatoms. The van der Waals surface area contributed by atoms with E-state index in [1.165, 1.54) is 0 Å². The van der Waals surface area contributed by atoms with Crippen LogP contribution in [0, 0.1) is 13.8 Å². The first-order valence-corrected chi connectivity index (χ1v) is 12.4. The third kappa shape index (κ3) is 4.90. The lowest BCUT2D eigenvalue weighted by Crippen LogP contribution is -2.50.